The number of amides is 2. The molecular weight excluding hydrogens is 558 g/mol. The molecule has 3 aromatic carbocycles. The van der Waals surface area contributed by atoms with E-state index in [0.29, 0.717) is 11.5 Å². The van der Waals surface area contributed by atoms with Crippen LogP contribution in [0.2, 0.25) is 0 Å². The molecule has 0 spiro atoms. The van der Waals surface area contributed by atoms with Crippen molar-refractivity contribution in [2.45, 2.75) is 50.7 Å². The maximum Gasteiger partial charge on any atom is 0.264 e. The molecule has 10 nitrogen and oxygen atoms in total. The molecule has 42 heavy (non-hydrogen) atoms. The topological polar surface area (TPSA) is 114 Å². The minimum Gasteiger partial charge on any atom is -0.497 e. The summed E-state index contributed by atoms with van der Waals surface area (Å²) >= 11 is 0. The highest BCUT2D eigenvalue weighted by Gasteiger charge is 2.34. The zero-order valence-electron chi connectivity index (χ0n) is 25.1. The Bertz CT molecular complexity index is 1470. The first-order valence-electron chi connectivity index (χ1n) is 13.3. The minimum absolute atomic E-state index is 0.0112. The lowest BCUT2D eigenvalue weighted by Gasteiger charge is -2.33. The van der Waals surface area contributed by atoms with Gasteiger partial charge < -0.3 is 24.4 Å². The molecule has 2 amide bonds. The van der Waals surface area contributed by atoms with Crippen molar-refractivity contribution in [3.8, 4) is 17.2 Å². The quantitative estimate of drug-likeness (QED) is 0.332. The number of sulfonamides is 1. The van der Waals surface area contributed by atoms with Crippen molar-refractivity contribution in [3.63, 3.8) is 0 Å². The van der Waals surface area contributed by atoms with E-state index in [9.17, 15) is 18.0 Å². The van der Waals surface area contributed by atoms with Gasteiger partial charge in [0.2, 0.25) is 11.8 Å². The maximum absolute atomic E-state index is 14.1. The van der Waals surface area contributed by atoms with Crippen molar-refractivity contribution < 1.29 is 32.2 Å². The van der Waals surface area contributed by atoms with E-state index in [1.165, 1.54) is 37.3 Å². The largest absolute Gasteiger partial charge is 0.497 e. The van der Waals surface area contributed by atoms with Crippen LogP contribution in [0.3, 0.4) is 0 Å². The third-order valence-corrected chi connectivity index (χ3v) is 8.22. The number of methoxy groups -OCH3 is 3. The Morgan fingerprint density at radius 1 is 0.857 bits per heavy atom. The van der Waals surface area contributed by atoms with Crippen molar-refractivity contribution in [1.29, 1.82) is 0 Å². The molecule has 0 aromatic heterocycles. The number of nitrogens with one attached hydrogen (secondary N) is 1. The van der Waals surface area contributed by atoms with Gasteiger partial charge in [0.15, 0.2) is 0 Å². The molecule has 0 radical (unpaired) electrons. The summed E-state index contributed by atoms with van der Waals surface area (Å²) in [6, 6.07) is 18.7. The van der Waals surface area contributed by atoms with E-state index in [1.807, 2.05) is 20.8 Å². The Balaban J connectivity index is 2.11. The summed E-state index contributed by atoms with van der Waals surface area (Å²) in [7, 11) is 0.159. The number of benzene rings is 3. The van der Waals surface area contributed by atoms with Crippen LogP contribution in [0, 0.1) is 0 Å². The molecular formula is C31H39N3O7S. The summed E-state index contributed by atoms with van der Waals surface area (Å²) in [6.07, 6.45) is 0. The lowest BCUT2D eigenvalue weighted by molar-refractivity contribution is -0.140. The highest BCUT2D eigenvalue weighted by atomic mass is 32.2. The first-order valence-corrected chi connectivity index (χ1v) is 14.8. The van der Waals surface area contributed by atoms with Crippen LogP contribution < -0.4 is 23.8 Å². The summed E-state index contributed by atoms with van der Waals surface area (Å²) < 4.78 is 45.2. The molecule has 1 atom stereocenters. The van der Waals surface area contributed by atoms with E-state index >= 15 is 0 Å². The Kier molecular flexibility index (Phi) is 10.5. The summed E-state index contributed by atoms with van der Waals surface area (Å²) in [6.45, 7) is 6.59. The number of carbonyl (C=O) groups is 2. The molecule has 0 bridgehead atoms. The standard InChI is InChI=1S/C31H39N3O7S/c1-22(30(36)32-31(2,3)4)33(20-23-13-15-24(39-5)16-14-23)29(35)21-34(42(37,38)26-11-9-8-10-12-26)27-19-25(40-6)17-18-28(27)41-7/h8-19,22H,20-21H2,1-7H3,(H,32,36)/t22-/m1/s1. The molecule has 1 N–H and O–H groups in total. The zero-order valence-corrected chi connectivity index (χ0v) is 25.9. The number of nitrogens with zero attached hydrogens (tertiary/aromatic N) is 2. The average molecular weight is 598 g/mol. The predicted octanol–water partition coefficient (Wildman–Crippen LogP) is 4.24. The van der Waals surface area contributed by atoms with Crippen molar-refractivity contribution in [2.24, 2.45) is 0 Å². The highest BCUT2D eigenvalue weighted by molar-refractivity contribution is 7.92. The van der Waals surface area contributed by atoms with E-state index in [4.69, 9.17) is 14.2 Å². The number of carbonyl (C=O) groups excluding carboxylic acids is 2. The van der Waals surface area contributed by atoms with Gasteiger partial charge in [-0.3, -0.25) is 13.9 Å². The van der Waals surface area contributed by atoms with Crippen LogP contribution in [0.5, 0.6) is 17.2 Å². The molecule has 0 aliphatic carbocycles. The smallest absolute Gasteiger partial charge is 0.264 e. The van der Waals surface area contributed by atoms with Gasteiger partial charge in [-0.2, -0.15) is 0 Å². The Morgan fingerprint density at radius 3 is 2.00 bits per heavy atom. The van der Waals surface area contributed by atoms with Crippen LogP contribution >= 0.6 is 0 Å². The number of rotatable bonds is 12. The van der Waals surface area contributed by atoms with Gasteiger partial charge >= 0.3 is 0 Å². The SMILES string of the molecule is COc1ccc(CN(C(=O)CN(c2cc(OC)ccc2OC)S(=O)(=O)c2ccccc2)[C@H](C)C(=O)NC(C)(C)C)cc1. The third kappa shape index (κ3) is 7.94. The van der Waals surface area contributed by atoms with E-state index < -0.39 is 34.1 Å². The molecule has 0 unspecified atom stereocenters. The van der Waals surface area contributed by atoms with Crippen LogP contribution in [0.15, 0.2) is 77.7 Å². The van der Waals surface area contributed by atoms with E-state index in [1.54, 1.807) is 68.6 Å². The monoisotopic (exact) mass is 597 g/mol. The summed E-state index contributed by atoms with van der Waals surface area (Å²) in [5.74, 6) is 0.274. The van der Waals surface area contributed by atoms with Crippen LogP contribution in [0.4, 0.5) is 5.69 Å². The average Bonchev–Trinajstić information content (AvgIpc) is 2.97. The van der Waals surface area contributed by atoms with E-state index in [-0.39, 0.29) is 28.8 Å². The lowest BCUT2D eigenvalue weighted by Crippen LogP contribution is -2.54. The van der Waals surface area contributed by atoms with Gasteiger partial charge in [0.1, 0.15) is 29.8 Å². The molecule has 0 heterocycles. The van der Waals surface area contributed by atoms with Gasteiger partial charge in [0, 0.05) is 18.2 Å². The molecule has 0 aliphatic rings. The number of ether oxygens (including phenoxy) is 3. The summed E-state index contributed by atoms with van der Waals surface area (Å²) in [4.78, 5) is 28.8. The second-order valence-corrected chi connectivity index (χ2v) is 12.5. The Labute approximate surface area is 248 Å². The highest BCUT2D eigenvalue weighted by Crippen LogP contribution is 2.36. The van der Waals surface area contributed by atoms with E-state index in [0.717, 1.165) is 9.87 Å². The molecule has 0 saturated carbocycles. The molecule has 226 valence electrons. The third-order valence-electron chi connectivity index (χ3n) is 6.44. The predicted molar refractivity (Wildman–Crippen MR) is 161 cm³/mol. The van der Waals surface area contributed by atoms with Crippen LogP contribution in [0.1, 0.15) is 33.3 Å². The second-order valence-electron chi connectivity index (χ2n) is 10.6. The number of hydrogen-bond donors (Lipinski definition) is 1. The van der Waals surface area contributed by atoms with Crippen LogP contribution in [0.25, 0.3) is 0 Å². The summed E-state index contributed by atoms with van der Waals surface area (Å²) in [5, 5.41) is 2.91. The fourth-order valence-electron chi connectivity index (χ4n) is 4.21. The second kappa shape index (κ2) is 13.6. The molecule has 0 saturated heterocycles. The van der Waals surface area contributed by atoms with Gasteiger partial charge in [-0.25, -0.2) is 8.42 Å². The van der Waals surface area contributed by atoms with Crippen molar-refractivity contribution in [3.05, 3.63) is 78.4 Å². The Hall–Kier alpha value is -4.25. The van der Waals surface area contributed by atoms with Gasteiger partial charge in [-0.05, 0) is 69.7 Å². The molecule has 3 rings (SSSR count). The fourth-order valence-corrected chi connectivity index (χ4v) is 5.65. The lowest BCUT2D eigenvalue weighted by atomic mass is 10.1. The Morgan fingerprint density at radius 2 is 1.45 bits per heavy atom. The first-order chi connectivity index (χ1) is 19.8. The van der Waals surface area contributed by atoms with Gasteiger partial charge in [-0.15, -0.1) is 0 Å². The first kappa shape index (κ1) is 32.3. The summed E-state index contributed by atoms with van der Waals surface area (Å²) in [5.41, 5.74) is 0.304. The molecule has 0 fully saturated rings. The molecule has 11 heteroatoms. The van der Waals surface area contributed by atoms with Gasteiger partial charge in [0.05, 0.1) is 31.9 Å². The zero-order chi connectivity index (χ0) is 31.1. The van der Waals surface area contributed by atoms with Crippen molar-refractivity contribution in [2.75, 3.05) is 32.2 Å². The number of anilines is 1. The van der Waals surface area contributed by atoms with Crippen molar-refractivity contribution >= 4 is 27.5 Å². The minimum atomic E-state index is -4.26. The van der Waals surface area contributed by atoms with Gasteiger partial charge in [0.25, 0.3) is 10.0 Å². The van der Waals surface area contributed by atoms with Crippen molar-refractivity contribution in [1.82, 2.24) is 10.2 Å². The molecule has 0 aliphatic heterocycles. The normalized spacial score (nSPS) is 12.2. The maximum atomic E-state index is 14.1. The van der Waals surface area contributed by atoms with Crippen LogP contribution in [-0.4, -0.2) is 64.6 Å². The van der Waals surface area contributed by atoms with E-state index in [2.05, 4.69) is 5.32 Å². The fraction of sp³-hybridized carbons (Fsp3) is 0.355. The van der Waals surface area contributed by atoms with Crippen LogP contribution in [-0.2, 0) is 26.2 Å². The molecule has 3 aromatic rings. The van der Waals surface area contributed by atoms with Gasteiger partial charge in [-0.1, -0.05) is 30.3 Å². The number of hydrogen-bond acceptors (Lipinski definition) is 7.